The van der Waals surface area contributed by atoms with E-state index in [0.717, 1.165) is 5.56 Å². The molecule has 2 rings (SSSR count). The van der Waals surface area contributed by atoms with Crippen molar-refractivity contribution in [1.82, 2.24) is 5.32 Å². The minimum Gasteiger partial charge on any atom is -0.504 e. The van der Waals surface area contributed by atoms with Crippen LogP contribution in [0.2, 0.25) is 0 Å². The van der Waals surface area contributed by atoms with Gasteiger partial charge in [0.2, 0.25) is 12.5 Å². The lowest BCUT2D eigenvalue weighted by atomic mass is 10.1. The molecular weight excluding hydrogens is 170 g/mol. The molecule has 1 aromatic rings. The molecule has 4 nitrogen and oxygen atoms in total. The van der Waals surface area contributed by atoms with Gasteiger partial charge >= 0.3 is 0 Å². The fraction of sp³-hybridized carbons (Fsp3) is 0.333. The summed E-state index contributed by atoms with van der Waals surface area (Å²) in [5.41, 5.74) is 0.812. The summed E-state index contributed by atoms with van der Waals surface area (Å²) in [5.74, 6) is 1.23. The van der Waals surface area contributed by atoms with Crippen LogP contribution in [-0.4, -0.2) is 18.9 Å². The molecule has 0 fully saturated rings. The van der Waals surface area contributed by atoms with E-state index in [1.165, 1.54) is 0 Å². The third-order valence-electron chi connectivity index (χ3n) is 1.96. The van der Waals surface area contributed by atoms with E-state index >= 15 is 0 Å². The van der Waals surface area contributed by atoms with E-state index in [1.807, 2.05) is 13.1 Å². The molecule has 1 heterocycles. The molecule has 4 heteroatoms. The Kier molecular flexibility index (Phi) is 1.98. The fourth-order valence-corrected chi connectivity index (χ4v) is 1.33. The molecule has 1 aromatic carbocycles. The third kappa shape index (κ3) is 1.29. The van der Waals surface area contributed by atoms with Gasteiger partial charge < -0.3 is 19.9 Å². The highest BCUT2D eigenvalue weighted by atomic mass is 16.7. The van der Waals surface area contributed by atoms with Gasteiger partial charge in [0.05, 0.1) is 0 Å². The number of nitrogens with one attached hydrogen (secondary N) is 1. The summed E-state index contributed by atoms with van der Waals surface area (Å²) in [5, 5.41) is 12.7. The summed E-state index contributed by atoms with van der Waals surface area (Å²) in [7, 11) is 1.82. The van der Waals surface area contributed by atoms with E-state index in [2.05, 4.69) is 5.32 Å². The minimum absolute atomic E-state index is 0.171. The molecule has 0 spiro atoms. The van der Waals surface area contributed by atoms with E-state index < -0.39 is 0 Å². The van der Waals surface area contributed by atoms with E-state index in [-0.39, 0.29) is 12.5 Å². The van der Waals surface area contributed by atoms with Crippen LogP contribution < -0.4 is 14.8 Å². The van der Waals surface area contributed by atoms with Gasteiger partial charge in [-0.15, -0.1) is 0 Å². The Bertz CT molecular complexity index is 325. The maximum absolute atomic E-state index is 9.70. The normalized spacial score (nSPS) is 13.3. The van der Waals surface area contributed by atoms with Gasteiger partial charge in [-0.1, -0.05) is 6.07 Å². The number of hydrogen-bond acceptors (Lipinski definition) is 4. The van der Waals surface area contributed by atoms with Crippen LogP contribution in [0.15, 0.2) is 12.1 Å². The van der Waals surface area contributed by atoms with Crippen LogP contribution in [0.1, 0.15) is 5.56 Å². The Morgan fingerprint density at radius 3 is 3.08 bits per heavy atom. The number of benzene rings is 1. The summed E-state index contributed by atoms with van der Waals surface area (Å²) in [6.07, 6.45) is 0. The smallest absolute Gasteiger partial charge is 0.231 e. The molecule has 70 valence electrons. The molecule has 0 aliphatic carbocycles. The summed E-state index contributed by atoms with van der Waals surface area (Å²) in [6, 6.07) is 3.62. The van der Waals surface area contributed by atoms with Gasteiger partial charge in [0, 0.05) is 12.1 Å². The first-order valence-corrected chi connectivity index (χ1v) is 4.08. The first-order valence-electron chi connectivity index (χ1n) is 4.08. The van der Waals surface area contributed by atoms with Crippen molar-refractivity contribution in [2.45, 2.75) is 6.54 Å². The van der Waals surface area contributed by atoms with E-state index in [0.29, 0.717) is 18.0 Å². The lowest BCUT2D eigenvalue weighted by molar-refractivity contribution is 0.171. The van der Waals surface area contributed by atoms with E-state index in [9.17, 15) is 5.11 Å². The van der Waals surface area contributed by atoms with Gasteiger partial charge in [-0.3, -0.25) is 0 Å². The second-order valence-corrected chi connectivity index (χ2v) is 2.84. The largest absolute Gasteiger partial charge is 0.504 e. The third-order valence-corrected chi connectivity index (χ3v) is 1.96. The SMILES string of the molecule is CNCc1ccc2c(c1O)OCO2. The van der Waals surface area contributed by atoms with Crippen molar-refractivity contribution >= 4 is 0 Å². The minimum atomic E-state index is 0.171. The molecule has 1 aliphatic heterocycles. The Morgan fingerprint density at radius 1 is 1.46 bits per heavy atom. The van der Waals surface area contributed by atoms with Gasteiger partial charge in [-0.2, -0.15) is 0 Å². The summed E-state index contributed by atoms with van der Waals surface area (Å²) in [4.78, 5) is 0. The van der Waals surface area contributed by atoms with Crippen molar-refractivity contribution < 1.29 is 14.6 Å². The maximum atomic E-state index is 9.70. The fourth-order valence-electron chi connectivity index (χ4n) is 1.33. The predicted molar refractivity (Wildman–Crippen MR) is 47.0 cm³/mol. The molecule has 0 aromatic heterocycles. The highest BCUT2D eigenvalue weighted by Gasteiger charge is 2.19. The molecule has 0 saturated carbocycles. The molecule has 0 bridgehead atoms. The van der Waals surface area contributed by atoms with E-state index in [1.54, 1.807) is 6.07 Å². The van der Waals surface area contributed by atoms with Crippen LogP contribution in [-0.2, 0) is 6.54 Å². The van der Waals surface area contributed by atoms with Gasteiger partial charge in [-0.25, -0.2) is 0 Å². The number of fused-ring (bicyclic) bond motifs is 1. The predicted octanol–water partition coefficient (Wildman–Crippen LogP) is 0.840. The Morgan fingerprint density at radius 2 is 2.31 bits per heavy atom. The molecular formula is C9H11NO3. The molecule has 2 N–H and O–H groups in total. The average molecular weight is 181 g/mol. The van der Waals surface area contributed by atoms with Crippen molar-refractivity contribution in [3.05, 3.63) is 17.7 Å². The van der Waals surface area contributed by atoms with Crippen molar-refractivity contribution in [3.8, 4) is 17.2 Å². The number of ether oxygens (including phenoxy) is 2. The number of rotatable bonds is 2. The number of phenols is 1. The highest BCUT2D eigenvalue weighted by Crippen LogP contribution is 2.42. The molecule has 0 unspecified atom stereocenters. The van der Waals surface area contributed by atoms with E-state index in [4.69, 9.17) is 9.47 Å². The average Bonchev–Trinajstić information content (AvgIpc) is 2.58. The molecule has 13 heavy (non-hydrogen) atoms. The molecule has 0 radical (unpaired) electrons. The van der Waals surface area contributed by atoms with Crippen molar-refractivity contribution in [2.24, 2.45) is 0 Å². The van der Waals surface area contributed by atoms with Gasteiger partial charge in [-0.05, 0) is 13.1 Å². The number of aromatic hydroxyl groups is 1. The number of phenolic OH excluding ortho intramolecular Hbond substituents is 1. The van der Waals surface area contributed by atoms with Gasteiger partial charge in [0.1, 0.15) is 0 Å². The zero-order valence-electron chi connectivity index (χ0n) is 7.33. The first-order chi connectivity index (χ1) is 6.33. The second-order valence-electron chi connectivity index (χ2n) is 2.84. The quantitative estimate of drug-likeness (QED) is 0.709. The second kappa shape index (κ2) is 3.14. The monoisotopic (exact) mass is 181 g/mol. The first kappa shape index (κ1) is 8.19. The molecule has 0 atom stereocenters. The summed E-state index contributed by atoms with van der Waals surface area (Å²) in [6.45, 7) is 0.800. The van der Waals surface area contributed by atoms with Crippen molar-refractivity contribution in [2.75, 3.05) is 13.8 Å². The van der Waals surface area contributed by atoms with Gasteiger partial charge in [0.15, 0.2) is 11.5 Å². The van der Waals surface area contributed by atoms with Crippen LogP contribution in [0.4, 0.5) is 0 Å². The summed E-state index contributed by atoms with van der Waals surface area (Å²) < 4.78 is 10.2. The Labute approximate surface area is 76.1 Å². The van der Waals surface area contributed by atoms with Crippen LogP contribution in [0.5, 0.6) is 17.2 Å². The van der Waals surface area contributed by atoms with Crippen LogP contribution in [0, 0.1) is 0 Å². The Hall–Kier alpha value is -1.42. The van der Waals surface area contributed by atoms with Gasteiger partial charge in [0.25, 0.3) is 0 Å². The zero-order chi connectivity index (χ0) is 9.26. The van der Waals surface area contributed by atoms with Crippen LogP contribution in [0.3, 0.4) is 0 Å². The molecule has 1 aliphatic rings. The Balaban J connectivity index is 2.40. The lowest BCUT2D eigenvalue weighted by Gasteiger charge is -2.05. The standard InChI is InChI=1S/C9H11NO3/c1-10-4-6-2-3-7-9(8(6)11)13-5-12-7/h2-3,10-11H,4-5H2,1H3. The van der Waals surface area contributed by atoms with Crippen LogP contribution in [0.25, 0.3) is 0 Å². The number of hydrogen-bond donors (Lipinski definition) is 2. The lowest BCUT2D eigenvalue weighted by Crippen LogP contribution is -2.05. The highest BCUT2D eigenvalue weighted by molar-refractivity contribution is 5.55. The van der Waals surface area contributed by atoms with Crippen LogP contribution >= 0.6 is 0 Å². The van der Waals surface area contributed by atoms with Crippen molar-refractivity contribution in [1.29, 1.82) is 0 Å². The zero-order valence-corrected chi connectivity index (χ0v) is 7.33. The topological polar surface area (TPSA) is 50.7 Å². The van der Waals surface area contributed by atoms with Crippen molar-refractivity contribution in [3.63, 3.8) is 0 Å². The summed E-state index contributed by atoms with van der Waals surface area (Å²) >= 11 is 0. The maximum Gasteiger partial charge on any atom is 0.231 e. The molecule has 0 amide bonds. The molecule has 0 saturated heterocycles.